The molecule has 102 valence electrons. The second-order valence-electron chi connectivity index (χ2n) is 7.07. The van der Waals surface area contributed by atoms with Gasteiger partial charge in [0, 0.05) is 0 Å². The fourth-order valence-electron chi connectivity index (χ4n) is 3.86. The summed E-state index contributed by atoms with van der Waals surface area (Å²) in [4.78, 5) is 0. The van der Waals surface area contributed by atoms with Crippen molar-refractivity contribution >= 4 is 0 Å². The molecule has 3 unspecified atom stereocenters. The van der Waals surface area contributed by atoms with E-state index in [0.717, 1.165) is 25.2 Å². The van der Waals surface area contributed by atoms with Gasteiger partial charge in [0.15, 0.2) is 0 Å². The quantitative estimate of drug-likeness (QED) is 0.701. The molecular formula is C16H32O. The summed E-state index contributed by atoms with van der Waals surface area (Å²) in [5.74, 6) is 1.18. The van der Waals surface area contributed by atoms with Crippen molar-refractivity contribution in [3.63, 3.8) is 0 Å². The van der Waals surface area contributed by atoms with E-state index < -0.39 is 5.60 Å². The van der Waals surface area contributed by atoms with Crippen LogP contribution >= 0.6 is 0 Å². The van der Waals surface area contributed by atoms with Crippen molar-refractivity contribution < 1.29 is 5.11 Å². The first-order valence-electron chi connectivity index (χ1n) is 7.57. The first-order chi connectivity index (χ1) is 7.84. The first-order valence-corrected chi connectivity index (χ1v) is 7.57. The maximum absolute atomic E-state index is 11.1. The van der Waals surface area contributed by atoms with Gasteiger partial charge in [-0.05, 0) is 42.9 Å². The van der Waals surface area contributed by atoms with Gasteiger partial charge in [0.2, 0.25) is 0 Å². The van der Waals surface area contributed by atoms with Gasteiger partial charge in [-0.25, -0.2) is 0 Å². The zero-order valence-corrected chi connectivity index (χ0v) is 12.6. The molecule has 1 rings (SSSR count). The number of hydrogen-bond donors (Lipinski definition) is 1. The normalized spacial score (nSPS) is 37.8. The lowest BCUT2D eigenvalue weighted by Crippen LogP contribution is -2.41. The second kappa shape index (κ2) is 5.73. The van der Waals surface area contributed by atoms with Crippen LogP contribution in [0, 0.1) is 17.3 Å². The molecule has 0 saturated heterocycles. The van der Waals surface area contributed by atoms with E-state index in [2.05, 4.69) is 34.6 Å². The standard InChI is InChI=1S/C16H32O/c1-6-8-14-9-11-15(4,5)12-16(17,10-7-2)13(14)3/h13-14,17H,6-12H2,1-5H3. The molecule has 1 aliphatic carbocycles. The Labute approximate surface area is 108 Å². The lowest BCUT2D eigenvalue weighted by atomic mass is 9.71. The van der Waals surface area contributed by atoms with Gasteiger partial charge < -0.3 is 5.11 Å². The minimum atomic E-state index is -0.422. The lowest BCUT2D eigenvalue weighted by Gasteiger charge is -2.39. The fraction of sp³-hybridized carbons (Fsp3) is 1.00. The average molecular weight is 240 g/mol. The highest BCUT2D eigenvalue weighted by atomic mass is 16.3. The maximum Gasteiger partial charge on any atom is 0.0680 e. The third kappa shape index (κ3) is 3.71. The summed E-state index contributed by atoms with van der Waals surface area (Å²) in [6.07, 6.45) is 8.14. The van der Waals surface area contributed by atoms with E-state index >= 15 is 0 Å². The van der Waals surface area contributed by atoms with Crippen LogP contribution in [0.15, 0.2) is 0 Å². The highest BCUT2D eigenvalue weighted by Crippen LogP contribution is 2.47. The molecule has 1 aliphatic rings. The molecular weight excluding hydrogens is 208 g/mol. The minimum absolute atomic E-state index is 0.306. The molecule has 0 amide bonds. The van der Waals surface area contributed by atoms with Crippen LogP contribution in [0.5, 0.6) is 0 Å². The van der Waals surface area contributed by atoms with Gasteiger partial charge in [-0.2, -0.15) is 0 Å². The van der Waals surface area contributed by atoms with E-state index in [0.29, 0.717) is 11.3 Å². The molecule has 0 aromatic rings. The Balaban J connectivity index is 2.90. The Morgan fingerprint density at radius 3 is 2.35 bits per heavy atom. The van der Waals surface area contributed by atoms with Gasteiger partial charge in [-0.15, -0.1) is 0 Å². The van der Waals surface area contributed by atoms with Crippen LogP contribution in [-0.2, 0) is 0 Å². The predicted molar refractivity (Wildman–Crippen MR) is 75.1 cm³/mol. The molecule has 1 nitrogen and oxygen atoms in total. The van der Waals surface area contributed by atoms with Crippen LogP contribution in [-0.4, -0.2) is 10.7 Å². The lowest BCUT2D eigenvalue weighted by molar-refractivity contribution is -0.0604. The predicted octanol–water partition coefficient (Wildman–Crippen LogP) is 4.78. The van der Waals surface area contributed by atoms with Gasteiger partial charge in [0.1, 0.15) is 0 Å². The highest BCUT2D eigenvalue weighted by Gasteiger charge is 2.44. The van der Waals surface area contributed by atoms with Crippen molar-refractivity contribution in [2.24, 2.45) is 17.3 Å². The van der Waals surface area contributed by atoms with Crippen LogP contribution in [0.4, 0.5) is 0 Å². The molecule has 17 heavy (non-hydrogen) atoms. The van der Waals surface area contributed by atoms with Gasteiger partial charge in [0.05, 0.1) is 5.60 Å². The Kier molecular flexibility index (Phi) is 5.07. The third-order valence-corrected chi connectivity index (χ3v) is 4.87. The van der Waals surface area contributed by atoms with E-state index in [9.17, 15) is 5.11 Å². The van der Waals surface area contributed by atoms with Crippen LogP contribution in [0.25, 0.3) is 0 Å². The van der Waals surface area contributed by atoms with Gasteiger partial charge >= 0.3 is 0 Å². The van der Waals surface area contributed by atoms with Gasteiger partial charge in [-0.3, -0.25) is 0 Å². The molecule has 0 aromatic heterocycles. The average Bonchev–Trinajstić information content (AvgIpc) is 2.29. The minimum Gasteiger partial charge on any atom is -0.390 e. The van der Waals surface area contributed by atoms with Crippen molar-refractivity contribution in [1.82, 2.24) is 0 Å². The van der Waals surface area contributed by atoms with Crippen LogP contribution in [0.3, 0.4) is 0 Å². The summed E-state index contributed by atoms with van der Waals surface area (Å²) in [7, 11) is 0. The van der Waals surface area contributed by atoms with E-state index in [4.69, 9.17) is 0 Å². The van der Waals surface area contributed by atoms with Gasteiger partial charge in [-0.1, -0.05) is 53.9 Å². The molecule has 3 atom stereocenters. The van der Waals surface area contributed by atoms with Crippen molar-refractivity contribution in [1.29, 1.82) is 0 Å². The molecule has 1 saturated carbocycles. The second-order valence-corrected chi connectivity index (χ2v) is 7.07. The summed E-state index contributed by atoms with van der Waals surface area (Å²) in [6.45, 7) is 11.4. The monoisotopic (exact) mass is 240 g/mol. The Morgan fingerprint density at radius 2 is 1.82 bits per heavy atom. The topological polar surface area (TPSA) is 20.2 Å². The molecule has 1 fully saturated rings. The van der Waals surface area contributed by atoms with E-state index in [1.54, 1.807) is 0 Å². The maximum atomic E-state index is 11.1. The SMILES string of the molecule is CCCC1CCC(C)(C)CC(O)(CCC)C1C. The number of rotatable bonds is 4. The summed E-state index contributed by atoms with van der Waals surface area (Å²) >= 11 is 0. The summed E-state index contributed by atoms with van der Waals surface area (Å²) in [5, 5.41) is 11.1. The zero-order chi connectivity index (χ0) is 13.1. The molecule has 0 aliphatic heterocycles. The van der Waals surface area contributed by atoms with Crippen LogP contribution < -0.4 is 0 Å². The van der Waals surface area contributed by atoms with Crippen LogP contribution in [0.2, 0.25) is 0 Å². The van der Waals surface area contributed by atoms with Crippen LogP contribution in [0.1, 0.15) is 79.6 Å². The van der Waals surface area contributed by atoms with E-state index in [1.807, 2.05) is 0 Å². The number of aliphatic hydroxyl groups is 1. The highest BCUT2D eigenvalue weighted by molar-refractivity contribution is 4.95. The Bertz CT molecular complexity index is 234. The zero-order valence-electron chi connectivity index (χ0n) is 12.6. The largest absolute Gasteiger partial charge is 0.390 e. The van der Waals surface area contributed by atoms with E-state index in [1.165, 1.54) is 25.7 Å². The molecule has 0 radical (unpaired) electrons. The smallest absolute Gasteiger partial charge is 0.0680 e. The first kappa shape index (κ1) is 15.0. The summed E-state index contributed by atoms with van der Waals surface area (Å²) in [5.41, 5.74) is -0.116. The molecule has 0 spiro atoms. The van der Waals surface area contributed by atoms with Crippen molar-refractivity contribution in [2.45, 2.75) is 85.2 Å². The third-order valence-electron chi connectivity index (χ3n) is 4.87. The van der Waals surface area contributed by atoms with Crippen molar-refractivity contribution in [3.05, 3.63) is 0 Å². The number of hydrogen-bond acceptors (Lipinski definition) is 1. The van der Waals surface area contributed by atoms with E-state index in [-0.39, 0.29) is 0 Å². The van der Waals surface area contributed by atoms with Crippen molar-refractivity contribution in [3.8, 4) is 0 Å². The van der Waals surface area contributed by atoms with Crippen molar-refractivity contribution in [2.75, 3.05) is 0 Å². The molecule has 0 bridgehead atoms. The molecule has 1 heteroatoms. The summed E-state index contributed by atoms with van der Waals surface area (Å²) < 4.78 is 0. The Hall–Kier alpha value is -0.0400. The van der Waals surface area contributed by atoms with Gasteiger partial charge in [0.25, 0.3) is 0 Å². The molecule has 1 N–H and O–H groups in total. The molecule has 0 heterocycles. The Morgan fingerprint density at radius 1 is 1.18 bits per heavy atom. The molecule has 0 aromatic carbocycles. The fourth-order valence-corrected chi connectivity index (χ4v) is 3.86. The summed E-state index contributed by atoms with van der Waals surface area (Å²) in [6, 6.07) is 0.